The zero-order valence-corrected chi connectivity index (χ0v) is 14.7. The lowest BCUT2D eigenvalue weighted by atomic mass is 10.0. The molecule has 0 bridgehead atoms. The number of benzene rings is 2. The van der Waals surface area contributed by atoms with Crippen molar-refractivity contribution in [2.24, 2.45) is 0 Å². The average Bonchev–Trinajstić information content (AvgIpc) is 2.63. The van der Waals surface area contributed by atoms with Crippen LogP contribution in [0.15, 0.2) is 42.5 Å². The first-order chi connectivity index (χ1) is 12.4. The molecule has 0 aliphatic heterocycles. The number of phenols is 1. The van der Waals surface area contributed by atoms with Crippen molar-refractivity contribution in [3.05, 3.63) is 58.6 Å². The summed E-state index contributed by atoms with van der Waals surface area (Å²) in [6, 6.07) is 11.9. The molecule has 2 rings (SSSR count). The number of halogens is 1. The summed E-state index contributed by atoms with van der Waals surface area (Å²) < 4.78 is 5.04. The smallest absolute Gasteiger partial charge is 0.407 e. The molecule has 1 amide bonds. The number of aliphatic hydroxyl groups excluding tert-OH is 2. The number of hydrogen-bond donors (Lipinski definition) is 5. The van der Waals surface area contributed by atoms with Gasteiger partial charge in [-0.1, -0.05) is 41.9 Å². The van der Waals surface area contributed by atoms with Crippen LogP contribution in [0.1, 0.15) is 23.7 Å². The van der Waals surface area contributed by atoms with Crippen LogP contribution < -0.4 is 11.1 Å². The van der Waals surface area contributed by atoms with Gasteiger partial charge in [-0.2, -0.15) is 0 Å². The van der Waals surface area contributed by atoms with Crippen LogP contribution in [-0.4, -0.2) is 34.1 Å². The van der Waals surface area contributed by atoms with E-state index >= 15 is 0 Å². The summed E-state index contributed by atoms with van der Waals surface area (Å²) in [5.74, 6) is -0.337. The lowest BCUT2D eigenvalue weighted by Gasteiger charge is -2.20. The van der Waals surface area contributed by atoms with Gasteiger partial charge in [-0.05, 0) is 24.1 Å². The number of amides is 1. The van der Waals surface area contributed by atoms with Crippen molar-refractivity contribution in [2.45, 2.75) is 25.2 Å². The van der Waals surface area contributed by atoms with E-state index in [2.05, 4.69) is 5.32 Å². The minimum Gasteiger partial charge on any atom is -0.505 e. The third-order valence-electron chi connectivity index (χ3n) is 3.74. The highest BCUT2D eigenvalue weighted by atomic mass is 35.5. The maximum Gasteiger partial charge on any atom is 0.407 e. The van der Waals surface area contributed by atoms with Gasteiger partial charge >= 0.3 is 6.09 Å². The molecule has 2 atom stereocenters. The fourth-order valence-electron chi connectivity index (χ4n) is 2.33. The Morgan fingerprint density at radius 1 is 1.23 bits per heavy atom. The number of nitrogens with two attached hydrogens (primary N) is 1. The molecule has 2 unspecified atom stereocenters. The van der Waals surface area contributed by atoms with Crippen LogP contribution >= 0.6 is 11.6 Å². The van der Waals surface area contributed by atoms with Crippen molar-refractivity contribution >= 4 is 23.4 Å². The summed E-state index contributed by atoms with van der Waals surface area (Å²) in [5, 5.41) is 32.8. The topological polar surface area (TPSA) is 125 Å². The molecule has 0 aliphatic carbocycles. The van der Waals surface area contributed by atoms with Crippen LogP contribution in [0, 0.1) is 0 Å². The highest BCUT2D eigenvalue weighted by Crippen LogP contribution is 2.35. The molecule has 6 N–H and O–H groups in total. The molecule has 7 nitrogen and oxygen atoms in total. The fraction of sp³-hybridized carbons (Fsp3) is 0.278. The number of nitrogens with one attached hydrogen (secondary N) is 1. The van der Waals surface area contributed by atoms with Crippen molar-refractivity contribution < 1.29 is 24.9 Å². The van der Waals surface area contributed by atoms with E-state index < -0.39 is 18.3 Å². The number of anilines is 1. The molecule has 0 fully saturated rings. The summed E-state index contributed by atoms with van der Waals surface area (Å²) in [6.07, 6.45) is -3.25. The lowest BCUT2D eigenvalue weighted by Crippen LogP contribution is -2.29. The van der Waals surface area contributed by atoms with Gasteiger partial charge in [0.2, 0.25) is 0 Å². The molecule has 8 heteroatoms. The Kier molecular flexibility index (Phi) is 7.08. The molecule has 26 heavy (non-hydrogen) atoms. The van der Waals surface area contributed by atoms with Crippen LogP contribution in [0.3, 0.4) is 0 Å². The number of carbonyl (C=O) groups is 1. The largest absolute Gasteiger partial charge is 0.505 e. The second kappa shape index (κ2) is 9.28. The molecular weight excluding hydrogens is 360 g/mol. The highest BCUT2D eigenvalue weighted by molar-refractivity contribution is 6.31. The normalized spacial score (nSPS) is 13.0. The first kappa shape index (κ1) is 19.8. The van der Waals surface area contributed by atoms with Gasteiger partial charge in [0.25, 0.3) is 0 Å². The lowest BCUT2D eigenvalue weighted by molar-refractivity contribution is 0.0124. The van der Waals surface area contributed by atoms with Gasteiger partial charge in [0.15, 0.2) is 0 Å². The van der Waals surface area contributed by atoms with Crippen molar-refractivity contribution in [2.75, 3.05) is 12.3 Å². The Balaban J connectivity index is 1.79. The summed E-state index contributed by atoms with van der Waals surface area (Å²) in [4.78, 5) is 11.6. The minimum atomic E-state index is -1.40. The van der Waals surface area contributed by atoms with Gasteiger partial charge < -0.3 is 31.1 Å². The number of carbonyl (C=O) groups excluding carboxylic acids is 1. The number of nitrogen functional groups attached to an aromatic ring is 1. The molecule has 2 aromatic rings. The van der Waals surface area contributed by atoms with Gasteiger partial charge in [-0.25, -0.2) is 4.79 Å². The second-order valence-electron chi connectivity index (χ2n) is 5.72. The van der Waals surface area contributed by atoms with E-state index in [1.54, 1.807) is 0 Å². The first-order valence-corrected chi connectivity index (χ1v) is 8.35. The number of hydrogen-bond acceptors (Lipinski definition) is 6. The molecule has 0 aromatic heterocycles. The Morgan fingerprint density at radius 3 is 2.62 bits per heavy atom. The molecule has 0 radical (unpaired) electrons. The Bertz CT molecular complexity index is 742. The van der Waals surface area contributed by atoms with Gasteiger partial charge in [0.05, 0.1) is 11.8 Å². The van der Waals surface area contributed by atoms with Crippen LogP contribution in [0.5, 0.6) is 5.75 Å². The number of alkyl carbamates (subject to hydrolysis) is 1. The van der Waals surface area contributed by atoms with E-state index in [0.29, 0.717) is 0 Å². The van der Waals surface area contributed by atoms with Crippen LogP contribution in [-0.2, 0) is 11.3 Å². The predicted molar refractivity (Wildman–Crippen MR) is 97.7 cm³/mol. The van der Waals surface area contributed by atoms with Gasteiger partial charge in [-0.15, -0.1) is 0 Å². The zero-order valence-electron chi connectivity index (χ0n) is 13.9. The molecular formula is C18H21ClN2O5. The monoisotopic (exact) mass is 380 g/mol. The SMILES string of the molecule is Nc1cc(Cl)cc(C(O)C(O)CCNC(=O)OCc2ccccc2)c1O. The van der Waals surface area contributed by atoms with E-state index in [4.69, 9.17) is 22.1 Å². The van der Waals surface area contributed by atoms with Gasteiger partial charge in [-0.3, -0.25) is 0 Å². The van der Waals surface area contributed by atoms with Crippen molar-refractivity contribution in [3.8, 4) is 5.75 Å². The number of rotatable bonds is 7. The van der Waals surface area contributed by atoms with Crippen molar-refractivity contribution in [1.29, 1.82) is 0 Å². The molecule has 2 aromatic carbocycles. The van der Waals surface area contributed by atoms with E-state index in [9.17, 15) is 20.1 Å². The van der Waals surface area contributed by atoms with Crippen LogP contribution in [0.2, 0.25) is 5.02 Å². The quantitative estimate of drug-likeness (QED) is 0.371. The summed E-state index contributed by atoms with van der Waals surface area (Å²) >= 11 is 5.84. The van der Waals surface area contributed by atoms with Gasteiger partial charge in [0, 0.05) is 17.1 Å². The summed E-state index contributed by atoms with van der Waals surface area (Å²) in [6.45, 7) is 0.205. The van der Waals surface area contributed by atoms with Crippen LogP contribution in [0.25, 0.3) is 0 Å². The van der Waals surface area contributed by atoms with E-state index in [1.165, 1.54) is 12.1 Å². The third kappa shape index (κ3) is 5.52. The number of aliphatic hydroxyl groups is 2. The maximum absolute atomic E-state index is 11.6. The molecule has 0 saturated heterocycles. The van der Waals surface area contributed by atoms with E-state index in [1.807, 2.05) is 30.3 Å². The zero-order chi connectivity index (χ0) is 19.1. The molecule has 0 spiro atoms. The van der Waals surface area contributed by atoms with Gasteiger partial charge in [0.1, 0.15) is 18.5 Å². The molecule has 0 heterocycles. The third-order valence-corrected chi connectivity index (χ3v) is 3.96. The Hall–Kier alpha value is -2.48. The molecule has 0 saturated carbocycles. The number of phenolic OH excluding ortho intramolecular Hbond substituents is 1. The highest BCUT2D eigenvalue weighted by Gasteiger charge is 2.23. The van der Waals surface area contributed by atoms with Crippen molar-refractivity contribution in [1.82, 2.24) is 5.32 Å². The summed E-state index contributed by atoms with van der Waals surface area (Å²) in [5.41, 5.74) is 6.46. The maximum atomic E-state index is 11.6. The number of ether oxygens (including phenoxy) is 1. The number of aromatic hydroxyl groups is 1. The predicted octanol–water partition coefficient (Wildman–Crippen LogP) is 2.34. The first-order valence-electron chi connectivity index (χ1n) is 7.97. The Labute approximate surface area is 156 Å². The molecule has 140 valence electrons. The van der Waals surface area contributed by atoms with Crippen LogP contribution in [0.4, 0.5) is 10.5 Å². The minimum absolute atomic E-state index is 0.00126. The Morgan fingerprint density at radius 2 is 1.92 bits per heavy atom. The fourth-order valence-corrected chi connectivity index (χ4v) is 2.56. The standard InChI is InChI=1S/C18H21ClN2O5/c19-12-8-13(16(23)14(20)9-12)17(24)15(22)6-7-21-18(25)26-10-11-4-2-1-3-5-11/h1-5,8-9,15,17,22-24H,6-7,10,20H2,(H,21,25). The van der Waals surface area contributed by atoms with E-state index in [-0.39, 0.29) is 41.6 Å². The second-order valence-corrected chi connectivity index (χ2v) is 6.16. The molecule has 0 aliphatic rings. The van der Waals surface area contributed by atoms with E-state index in [0.717, 1.165) is 5.56 Å². The summed E-state index contributed by atoms with van der Waals surface area (Å²) in [7, 11) is 0. The van der Waals surface area contributed by atoms with Crippen molar-refractivity contribution in [3.63, 3.8) is 0 Å². The average molecular weight is 381 g/mol.